The van der Waals surface area contributed by atoms with Gasteiger partial charge >= 0.3 is 252 Å². The molecule has 4 atom stereocenters. The van der Waals surface area contributed by atoms with E-state index in [9.17, 15) is 0 Å². The van der Waals surface area contributed by atoms with Crippen molar-refractivity contribution in [3.8, 4) is 0 Å². The van der Waals surface area contributed by atoms with Crippen LogP contribution in [-0.2, 0) is 17.4 Å². The molecule has 6 heteroatoms. The van der Waals surface area contributed by atoms with E-state index in [0.717, 1.165) is 0 Å². The van der Waals surface area contributed by atoms with Gasteiger partial charge in [-0.1, -0.05) is 0 Å². The third-order valence-electron chi connectivity index (χ3n) is 9.71. The topological polar surface area (TPSA) is 0 Å². The summed E-state index contributed by atoms with van der Waals surface area (Å²) in [5.41, 5.74) is 7.31. The first-order chi connectivity index (χ1) is 19.7. The molecule has 2 heterocycles. The van der Waals surface area contributed by atoms with Gasteiger partial charge in [0.2, 0.25) is 0 Å². The zero-order chi connectivity index (χ0) is 28.5. The van der Waals surface area contributed by atoms with Crippen LogP contribution in [0.15, 0.2) is 155 Å². The summed E-state index contributed by atoms with van der Waals surface area (Å²) in [6, 6.07) is 34.3. The zero-order valence-electron chi connectivity index (χ0n) is 25.5. The van der Waals surface area contributed by atoms with Crippen LogP contribution in [0.5, 0.6) is 0 Å². The fourth-order valence-electron chi connectivity index (χ4n) is 8.22. The Kier molecular flexibility index (Phi) is 9.29. The van der Waals surface area contributed by atoms with Crippen LogP contribution in [-0.4, -0.2) is 18.2 Å². The van der Waals surface area contributed by atoms with Crippen molar-refractivity contribution in [1.82, 2.24) is 0 Å². The molecule has 0 saturated heterocycles. The maximum absolute atomic E-state index is 4.11. The second kappa shape index (κ2) is 12.1. The Morgan fingerprint density at radius 2 is 0.930 bits per heavy atom. The van der Waals surface area contributed by atoms with Gasteiger partial charge in [-0.15, -0.1) is 24.8 Å². The fraction of sp³-hybridized carbons (Fsp3) is 0.189. The van der Waals surface area contributed by atoms with Gasteiger partial charge in [-0.05, 0) is 0 Å². The van der Waals surface area contributed by atoms with Crippen molar-refractivity contribution >= 4 is 61.4 Å². The van der Waals surface area contributed by atoms with Crippen LogP contribution in [0.2, 0.25) is 4.63 Å². The molecule has 0 nitrogen and oxygen atoms in total. The van der Waals surface area contributed by atoms with Crippen molar-refractivity contribution in [2.45, 2.75) is 43.6 Å². The van der Waals surface area contributed by atoms with E-state index in [1.807, 2.05) is 0 Å². The molecule has 4 unspecified atom stereocenters. The van der Waals surface area contributed by atoms with E-state index in [-0.39, 0.29) is 40.7 Å². The van der Waals surface area contributed by atoms with E-state index < -0.39 is 17.4 Å². The quantitative estimate of drug-likeness (QED) is 0.181. The summed E-state index contributed by atoms with van der Waals surface area (Å²) >= 11 is -4.11. The van der Waals surface area contributed by atoms with Crippen molar-refractivity contribution in [3.63, 3.8) is 0 Å². The second-order valence-corrected chi connectivity index (χ2v) is 41.9. The van der Waals surface area contributed by atoms with Crippen molar-refractivity contribution < 1.29 is 17.4 Å². The normalized spacial score (nSPS) is 24.4. The first kappa shape index (κ1) is 33.0. The maximum Gasteiger partial charge on any atom is -0.147 e. The van der Waals surface area contributed by atoms with Crippen LogP contribution in [0.4, 0.5) is 0 Å². The number of hydrogen-bond acceptors (Lipinski definition) is 0. The van der Waals surface area contributed by atoms with Crippen LogP contribution in [0.25, 0.3) is 0 Å². The standard InChI is InChI=1S/2C15H14P.C6H5.CH3.2ClH.H2Si.Zr/c2*1-11-8-13-10-12(2)16(15(13)9-11)14-6-4-3-5-7-14;1-2-4-6-5-3-1;;;;;/h2*3-7,9-10,12H,1-2H3;1-5H;1H3;2*1H;1H2;. The predicted octanol–water partition coefficient (Wildman–Crippen LogP) is 9.06. The van der Waals surface area contributed by atoms with Crippen molar-refractivity contribution in [3.05, 3.63) is 155 Å². The van der Waals surface area contributed by atoms with Gasteiger partial charge in [0.1, 0.15) is 0 Å². The molecule has 2 aliphatic carbocycles. The monoisotopic (exact) mass is 734 g/mol. The van der Waals surface area contributed by atoms with E-state index in [4.69, 9.17) is 0 Å². The van der Waals surface area contributed by atoms with Crippen molar-refractivity contribution in [1.29, 1.82) is 0 Å². The molecule has 7 rings (SSSR count). The van der Waals surface area contributed by atoms with Gasteiger partial charge in [0, 0.05) is 0 Å². The summed E-state index contributed by atoms with van der Waals surface area (Å²) in [5.74, 6) is 0. The number of rotatable bonds is 5. The molecule has 0 bridgehead atoms. The molecule has 0 fully saturated rings. The van der Waals surface area contributed by atoms with Crippen LogP contribution >= 0.6 is 40.7 Å². The molecule has 0 amide bonds. The molecule has 0 N–H and O–H groups in total. The average Bonchev–Trinajstić information content (AvgIpc) is 3.66. The SMILES string of the molecule is CC1=[C]([Zr]([CH3])(=[SiH2])([C]2=C(C)C=C3C2=CC(C)P3c2ccccc2)[c]2ccccc2)C2=CC(C)P(c3ccccc3)C2=C1.Cl.Cl. The molecular formula is C37H40Cl2P2SiZr. The van der Waals surface area contributed by atoms with E-state index in [1.54, 1.807) is 31.6 Å². The third kappa shape index (κ3) is 4.96. The van der Waals surface area contributed by atoms with E-state index in [0.29, 0.717) is 11.3 Å². The predicted molar refractivity (Wildman–Crippen MR) is 198 cm³/mol. The van der Waals surface area contributed by atoms with Crippen molar-refractivity contribution in [2.24, 2.45) is 0 Å². The molecule has 0 aromatic heterocycles. The summed E-state index contributed by atoms with van der Waals surface area (Å²) in [5, 5.41) is 6.24. The molecular weight excluding hydrogens is 697 g/mol. The Morgan fingerprint density at radius 3 is 1.30 bits per heavy atom. The Bertz CT molecular complexity index is 1740. The third-order valence-corrected chi connectivity index (χ3v) is 36.3. The first-order valence-electron chi connectivity index (χ1n) is 14.8. The molecule has 2 aliphatic heterocycles. The Hall–Kier alpha value is -1.36. The first-order valence-corrected chi connectivity index (χ1v) is 29.7. The molecule has 0 saturated carbocycles. The minimum atomic E-state index is -4.11. The fourth-order valence-corrected chi connectivity index (χ4v) is 36.2. The van der Waals surface area contributed by atoms with Gasteiger partial charge in [-0.3, -0.25) is 0 Å². The van der Waals surface area contributed by atoms with Crippen LogP contribution in [0.3, 0.4) is 0 Å². The minimum Gasteiger partial charge on any atom is -0.147 e. The summed E-state index contributed by atoms with van der Waals surface area (Å²) in [6.07, 6.45) is 10.5. The Labute approximate surface area is 275 Å². The Balaban J connectivity index is 0.00000184. The molecule has 3 aromatic carbocycles. The van der Waals surface area contributed by atoms with Crippen LogP contribution in [0.1, 0.15) is 27.7 Å². The number of halogens is 2. The molecule has 3 aromatic rings. The van der Waals surface area contributed by atoms with Gasteiger partial charge in [0.05, 0.1) is 0 Å². The zero-order valence-corrected chi connectivity index (χ0v) is 32.8. The maximum atomic E-state index is 2.75. The summed E-state index contributed by atoms with van der Waals surface area (Å²) in [6.45, 7) is 12.2. The molecule has 4 aliphatic rings. The number of fused-ring (bicyclic) bond motifs is 2. The average molecular weight is 737 g/mol. The molecule has 43 heavy (non-hydrogen) atoms. The van der Waals surface area contributed by atoms with Crippen LogP contribution in [0, 0.1) is 0 Å². The van der Waals surface area contributed by atoms with Gasteiger partial charge in [0.25, 0.3) is 0 Å². The smallest absolute Gasteiger partial charge is 0.147 e. The summed E-state index contributed by atoms with van der Waals surface area (Å²) < 4.78 is 7.78. The summed E-state index contributed by atoms with van der Waals surface area (Å²) in [4.78, 5) is 0. The van der Waals surface area contributed by atoms with Crippen molar-refractivity contribution in [2.75, 3.05) is 0 Å². The minimum absolute atomic E-state index is 0. The summed E-state index contributed by atoms with van der Waals surface area (Å²) in [7, 11) is -0.779. The number of benzene rings is 3. The van der Waals surface area contributed by atoms with E-state index in [1.165, 1.54) is 21.8 Å². The van der Waals surface area contributed by atoms with Gasteiger partial charge < -0.3 is 0 Å². The molecule has 0 spiro atoms. The number of hydrogen-bond donors (Lipinski definition) is 0. The van der Waals surface area contributed by atoms with Gasteiger partial charge in [-0.2, -0.15) is 0 Å². The van der Waals surface area contributed by atoms with Crippen LogP contribution < -0.4 is 13.9 Å². The van der Waals surface area contributed by atoms with Gasteiger partial charge in [0.15, 0.2) is 0 Å². The Morgan fingerprint density at radius 1 is 0.581 bits per heavy atom. The van der Waals surface area contributed by atoms with E-state index in [2.05, 4.69) is 155 Å². The largest absolute Gasteiger partial charge is 0.147 e. The van der Waals surface area contributed by atoms with E-state index >= 15 is 0 Å². The number of allylic oxidation sites excluding steroid dienone is 12. The molecule has 220 valence electrons. The molecule has 0 radical (unpaired) electrons. The second-order valence-electron chi connectivity index (χ2n) is 12.6. The van der Waals surface area contributed by atoms with Gasteiger partial charge in [-0.25, -0.2) is 0 Å².